The highest BCUT2D eigenvalue weighted by molar-refractivity contribution is 7.09. The number of rotatable bonds is 8. The largest absolute Gasteiger partial charge is 0.383 e. The molecule has 1 aliphatic rings. The first kappa shape index (κ1) is 22.0. The normalized spacial score (nSPS) is 18.9. The molecule has 0 radical (unpaired) electrons. The molecule has 9 heteroatoms. The Labute approximate surface area is 178 Å². The van der Waals surface area contributed by atoms with E-state index in [1.54, 1.807) is 13.1 Å². The summed E-state index contributed by atoms with van der Waals surface area (Å²) in [5, 5.41) is 2.75. The van der Waals surface area contributed by atoms with Crippen LogP contribution in [0.5, 0.6) is 0 Å². The molecule has 7 nitrogen and oxygen atoms in total. The van der Waals surface area contributed by atoms with Crippen LogP contribution in [0.3, 0.4) is 0 Å². The zero-order valence-corrected chi connectivity index (χ0v) is 18.0. The lowest BCUT2D eigenvalue weighted by Gasteiger charge is -2.29. The van der Waals surface area contributed by atoms with Crippen molar-refractivity contribution in [3.8, 4) is 0 Å². The average molecular weight is 434 g/mol. The van der Waals surface area contributed by atoms with Gasteiger partial charge in [0, 0.05) is 37.9 Å². The second kappa shape index (κ2) is 9.01. The summed E-state index contributed by atoms with van der Waals surface area (Å²) in [6, 6.07) is 5.81. The molecular weight excluding hydrogens is 409 g/mol. The minimum Gasteiger partial charge on any atom is -0.383 e. The maximum Gasteiger partial charge on any atom is 0.241 e. The fourth-order valence-electron chi connectivity index (χ4n) is 3.71. The van der Waals surface area contributed by atoms with Crippen LogP contribution in [0.15, 0.2) is 29.6 Å². The maximum absolute atomic E-state index is 14.7. The van der Waals surface area contributed by atoms with Crippen LogP contribution in [-0.4, -0.2) is 59.8 Å². The van der Waals surface area contributed by atoms with Crippen LogP contribution in [0.4, 0.5) is 4.39 Å². The summed E-state index contributed by atoms with van der Waals surface area (Å²) >= 11 is 1.48. The van der Waals surface area contributed by atoms with Gasteiger partial charge in [0.15, 0.2) is 0 Å². The first-order valence-electron chi connectivity index (χ1n) is 9.52. The summed E-state index contributed by atoms with van der Waals surface area (Å²) in [6.45, 7) is 2.38. The first-order chi connectivity index (χ1) is 14.3. The standard InChI is InChI=1S/C21H24FN3O4S/c1-14-23-15(13-30-14)12-24(2)18(26)10-21(16-6-4-5-7-17(16)22)11-19(27)25(20(21)28)8-9-29-3/h4-7,13H,8-12H2,1-3H3. The van der Waals surface area contributed by atoms with Crippen LogP contribution < -0.4 is 0 Å². The van der Waals surface area contributed by atoms with Crippen molar-refractivity contribution >= 4 is 29.1 Å². The number of ether oxygens (including phenoxy) is 1. The minimum atomic E-state index is -1.57. The quantitative estimate of drug-likeness (QED) is 0.597. The van der Waals surface area contributed by atoms with Crippen molar-refractivity contribution in [1.29, 1.82) is 0 Å². The highest BCUT2D eigenvalue weighted by Gasteiger charge is 2.54. The van der Waals surface area contributed by atoms with Gasteiger partial charge in [-0.3, -0.25) is 19.3 Å². The van der Waals surface area contributed by atoms with Gasteiger partial charge in [0.05, 0.1) is 35.8 Å². The third-order valence-electron chi connectivity index (χ3n) is 5.26. The molecule has 1 unspecified atom stereocenters. The molecule has 30 heavy (non-hydrogen) atoms. The zero-order chi connectivity index (χ0) is 21.9. The van der Waals surface area contributed by atoms with Crippen LogP contribution in [0.1, 0.15) is 29.1 Å². The monoisotopic (exact) mass is 433 g/mol. The molecule has 0 spiro atoms. The van der Waals surface area contributed by atoms with E-state index in [0.717, 1.165) is 15.6 Å². The maximum atomic E-state index is 14.7. The molecule has 1 saturated heterocycles. The minimum absolute atomic E-state index is 0.0620. The van der Waals surface area contributed by atoms with E-state index in [1.165, 1.54) is 41.5 Å². The lowest BCUT2D eigenvalue weighted by Crippen LogP contribution is -2.43. The zero-order valence-electron chi connectivity index (χ0n) is 17.2. The third kappa shape index (κ3) is 4.27. The Morgan fingerprint density at radius 2 is 2.10 bits per heavy atom. The first-order valence-corrected chi connectivity index (χ1v) is 10.4. The third-order valence-corrected chi connectivity index (χ3v) is 6.08. The molecule has 1 aromatic carbocycles. The Bertz CT molecular complexity index is 963. The van der Waals surface area contributed by atoms with E-state index >= 15 is 0 Å². The second-order valence-electron chi connectivity index (χ2n) is 7.37. The molecule has 2 heterocycles. The van der Waals surface area contributed by atoms with Crippen molar-refractivity contribution in [2.45, 2.75) is 31.7 Å². The van der Waals surface area contributed by atoms with E-state index in [0.29, 0.717) is 0 Å². The molecule has 3 rings (SSSR count). The van der Waals surface area contributed by atoms with Gasteiger partial charge in [0.25, 0.3) is 0 Å². The Morgan fingerprint density at radius 1 is 1.37 bits per heavy atom. The van der Waals surface area contributed by atoms with Gasteiger partial charge in [-0.05, 0) is 13.0 Å². The second-order valence-corrected chi connectivity index (χ2v) is 8.43. The van der Waals surface area contributed by atoms with E-state index < -0.39 is 23.0 Å². The SMILES string of the molecule is COCCN1C(=O)CC(CC(=O)N(C)Cc2csc(C)n2)(c2ccccc2F)C1=O. The number of amides is 3. The van der Waals surface area contributed by atoms with E-state index in [2.05, 4.69) is 4.98 Å². The summed E-state index contributed by atoms with van der Waals surface area (Å²) < 4.78 is 19.7. The number of aryl methyl sites for hydroxylation is 1. The number of imide groups is 1. The Hall–Kier alpha value is -2.65. The molecule has 1 fully saturated rings. The fraction of sp³-hybridized carbons (Fsp3) is 0.429. The van der Waals surface area contributed by atoms with Crippen LogP contribution in [-0.2, 0) is 31.1 Å². The number of nitrogens with zero attached hydrogens (tertiary/aromatic N) is 3. The molecule has 3 amide bonds. The highest BCUT2D eigenvalue weighted by Crippen LogP contribution is 2.41. The lowest BCUT2D eigenvalue weighted by atomic mass is 9.75. The lowest BCUT2D eigenvalue weighted by molar-refractivity contribution is -0.143. The van der Waals surface area contributed by atoms with Gasteiger partial charge >= 0.3 is 0 Å². The number of hydrogen-bond acceptors (Lipinski definition) is 6. The van der Waals surface area contributed by atoms with Crippen molar-refractivity contribution in [1.82, 2.24) is 14.8 Å². The summed E-state index contributed by atoms with van der Waals surface area (Å²) in [6.07, 6.45) is -0.562. The number of carbonyl (C=O) groups is 3. The summed E-state index contributed by atoms with van der Waals surface area (Å²) in [5.74, 6) is -1.98. The summed E-state index contributed by atoms with van der Waals surface area (Å²) in [7, 11) is 3.07. The van der Waals surface area contributed by atoms with Crippen LogP contribution >= 0.6 is 11.3 Å². The van der Waals surface area contributed by atoms with Crippen molar-refractivity contribution < 1.29 is 23.5 Å². The predicted molar refractivity (Wildman–Crippen MR) is 109 cm³/mol. The van der Waals surface area contributed by atoms with Gasteiger partial charge in [0.2, 0.25) is 17.7 Å². The van der Waals surface area contributed by atoms with Gasteiger partial charge in [0.1, 0.15) is 5.82 Å². The van der Waals surface area contributed by atoms with Crippen molar-refractivity contribution in [2.75, 3.05) is 27.3 Å². The van der Waals surface area contributed by atoms with Gasteiger partial charge in [-0.1, -0.05) is 18.2 Å². The molecule has 160 valence electrons. The Balaban J connectivity index is 1.91. The van der Waals surface area contributed by atoms with Crippen molar-refractivity contribution in [3.63, 3.8) is 0 Å². The number of likely N-dealkylation sites (tertiary alicyclic amines) is 1. The van der Waals surface area contributed by atoms with Gasteiger partial charge in [-0.15, -0.1) is 11.3 Å². The molecule has 0 N–H and O–H groups in total. The van der Waals surface area contributed by atoms with E-state index in [4.69, 9.17) is 4.74 Å². The van der Waals surface area contributed by atoms with Crippen LogP contribution in [0, 0.1) is 12.7 Å². The smallest absolute Gasteiger partial charge is 0.241 e. The molecule has 0 saturated carbocycles. The molecule has 1 aliphatic heterocycles. The molecular formula is C21H24FN3O4S. The van der Waals surface area contributed by atoms with Gasteiger partial charge < -0.3 is 9.64 Å². The number of benzene rings is 1. The van der Waals surface area contributed by atoms with Crippen LogP contribution in [0.2, 0.25) is 0 Å². The average Bonchev–Trinajstić information content (AvgIpc) is 3.21. The highest BCUT2D eigenvalue weighted by atomic mass is 32.1. The molecule has 0 aliphatic carbocycles. The molecule has 1 atom stereocenters. The summed E-state index contributed by atoms with van der Waals surface area (Å²) in [5.41, 5.74) is -0.766. The molecule has 2 aromatic rings. The number of hydrogen-bond donors (Lipinski definition) is 0. The van der Waals surface area contributed by atoms with Gasteiger partial charge in [-0.2, -0.15) is 0 Å². The van der Waals surface area contributed by atoms with Gasteiger partial charge in [-0.25, -0.2) is 9.37 Å². The number of methoxy groups -OCH3 is 1. The Morgan fingerprint density at radius 3 is 2.73 bits per heavy atom. The number of halogens is 1. The number of thiazole rings is 1. The van der Waals surface area contributed by atoms with Crippen molar-refractivity contribution in [2.24, 2.45) is 0 Å². The van der Waals surface area contributed by atoms with E-state index in [-0.39, 0.29) is 44.0 Å². The topological polar surface area (TPSA) is 79.8 Å². The molecule has 0 bridgehead atoms. The van der Waals surface area contributed by atoms with E-state index in [9.17, 15) is 18.8 Å². The Kier molecular flexibility index (Phi) is 6.62. The van der Waals surface area contributed by atoms with Crippen LogP contribution in [0.25, 0.3) is 0 Å². The number of carbonyl (C=O) groups excluding carboxylic acids is 3. The number of aromatic nitrogens is 1. The van der Waals surface area contributed by atoms with Crippen molar-refractivity contribution in [3.05, 3.63) is 51.7 Å². The predicted octanol–water partition coefficient (Wildman–Crippen LogP) is 2.28. The van der Waals surface area contributed by atoms with E-state index in [1.807, 2.05) is 12.3 Å². The summed E-state index contributed by atoms with van der Waals surface area (Å²) in [4.78, 5) is 45.9. The molecule has 1 aromatic heterocycles. The fourth-order valence-corrected chi connectivity index (χ4v) is 4.31.